The minimum Gasteiger partial charge on any atom is -0.480 e. The molecule has 1 saturated heterocycles. The van der Waals surface area contributed by atoms with Crippen LogP contribution in [0.1, 0.15) is 50.5 Å². The van der Waals surface area contributed by atoms with E-state index < -0.39 is 41.7 Å². The number of halogens is 1. The van der Waals surface area contributed by atoms with Gasteiger partial charge in [0.2, 0.25) is 16.9 Å². The van der Waals surface area contributed by atoms with Crippen LogP contribution in [0.15, 0.2) is 24.4 Å². The third kappa shape index (κ3) is 8.99. The molecule has 0 spiro atoms. The second kappa shape index (κ2) is 15.9. The lowest BCUT2D eigenvalue weighted by atomic mass is 10.0. The number of carboxylic acids is 1. The molecule has 0 radical (unpaired) electrons. The molecule has 1 aromatic carbocycles. The van der Waals surface area contributed by atoms with E-state index in [2.05, 4.69) is 10.3 Å². The molecule has 0 bridgehead atoms. The molecular formula is C28H41FN6O5S. The lowest BCUT2D eigenvalue weighted by Crippen LogP contribution is -2.49. The smallest absolute Gasteiger partial charge is 0.326 e. The molecule has 226 valence electrons. The van der Waals surface area contributed by atoms with Crippen molar-refractivity contribution in [3.8, 4) is 0 Å². The Morgan fingerprint density at radius 1 is 1.15 bits per heavy atom. The van der Waals surface area contributed by atoms with Crippen LogP contribution in [0.25, 0.3) is 10.9 Å². The molecule has 41 heavy (non-hydrogen) atoms. The van der Waals surface area contributed by atoms with Crippen molar-refractivity contribution in [1.29, 1.82) is 0 Å². The normalized spacial score (nSPS) is 17.4. The third-order valence-corrected chi connectivity index (χ3v) is 8.55. The SMILES string of the molecule is NCCCC[C@H](N)C(=O)N[C@@H](Cc1c[nH]c2cc(F)ccc12)C(=O)SCC(CCCN)C(=O)N1CCC[C@H]1C(=O)O. The van der Waals surface area contributed by atoms with Gasteiger partial charge in [0.05, 0.1) is 6.04 Å². The number of nitrogens with zero attached hydrogens (tertiary/aromatic N) is 1. The van der Waals surface area contributed by atoms with Gasteiger partial charge in [-0.2, -0.15) is 0 Å². The number of aromatic nitrogens is 1. The minimum atomic E-state index is -1.04. The van der Waals surface area contributed by atoms with Gasteiger partial charge in [-0.05, 0) is 75.4 Å². The molecule has 9 N–H and O–H groups in total. The van der Waals surface area contributed by atoms with E-state index >= 15 is 0 Å². The van der Waals surface area contributed by atoms with Crippen LogP contribution in [0.4, 0.5) is 4.39 Å². The highest BCUT2D eigenvalue weighted by Gasteiger charge is 2.37. The Hall–Kier alpha value is -3.00. The Morgan fingerprint density at radius 2 is 1.90 bits per heavy atom. The van der Waals surface area contributed by atoms with Gasteiger partial charge >= 0.3 is 5.97 Å². The van der Waals surface area contributed by atoms with Crippen molar-refractivity contribution in [2.75, 3.05) is 25.4 Å². The number of aliphatic carboxylic acids is 1. The van der Waals surface area contributed by atoms with Crippen LogP contribution >= 0.6 is 11.8 Å². The summed E-state index contributed by atoms with van der Waals surface area (Å²) in [5, 5.41) is 12.7. The van der Waals surface area contributed by atoms with Gasteiger partial charge in [-0.25, -0.2) is 9.18 Å². The summed E-state index contributed by atoms with van der Waals surface area (Å²) in [7, 11) is 0. The summed E-state index contributed by atoms with van der Waals surface area (Å²) < 4.78 is 13.7. The quantitative estimate of drug-likeness (QED) is 0.156. The maximum atomic E-state index is 13.7. The van der Waals surface area contributed by atoms with Crippen molar-refractivity contribution in [3.05, 3.63) is 35.8 Å². The molecule has 13 heteroatoms. The first-order valence-corrected chi connectivity index (χ1v) is 15.1. The number of fused-ring (bicyclic) bond motifs is 1. The zero-order valence-electron chi connectivity index (χ0n) is 23.1. The number of carboxylic acid groups (broad SMARTS) is 1. The highest BCUT2D eigenvalue weighted by molar-refractivity contribution is 8.13. The number of nitrogens with two attached hydrogens (primary N) is 3. The van der Waals surface area contributed by atoms with Gasteiger partial charge in [0.1, 0.15) is 17.9 Å². The largest absolute Gasteiger partial charge is 0.480 e. The number of amides is 2. The van der Waals surface area contributed by atoms with Gasteiger partial charge in [0.15, 0.2) is 0 Å². The van der Waals surface area contributed by atoms with E-state index in [1.165, 1.54) is 17.0 Å². The number of carbonyl (C=O) groups excluding carboxylic acids is 3. The monoisotopic (exact) mass is 592 g/mol. The van der Waals surface area contributed by atoms with Crippen LogP contribution in [0.5, 0.6) is 0 Å². The fourth-order valence-corrected chi connectivity index (χ4v) is 6.12. The highest BCUT2D eigenvalue weighted by atomic mass is 32.2. The summed E-state index contributed by atoms with van der Waals surface area (Å²) in [6.45, 7) is 1.20. The molecular weight excluding hydrogens is 551 g/mol. The number of nitrogens with one attached hydrogen (secondary N) is 2. The Morgan fingerprint density at radius 3 is 2.61 bits per heavy atom. The molecule has 2 aromatic rings. The van der Waals surface area contributed by atoms with Gasteiger partial charge in [-0.3, -0.25) is 14.4 Å². The van der Waals surface area contributed by atoms with E-state index in [0.717, 1.165) is 23.6 Å². The molecule has 1 fully saturated rings. The van der Waals surface area contributed by atoms with Crippen LogP contribution in [0.2, 0.25) is 0 Å². The van der Waals surface area contributed by atoms with Crippen LogP contribution in [-0.2, 0) is 25.6 Å². The van der Waals surface area contributed by atoms with E-state index in [4.69, 9.17) is 17.2 Å². The molecule has 1 aromatic heterocycles. The van der Waals surface area contributed by atoms with Crippen LogP contribution < -0.4 is 22.5 Å². The third-order valence-electron chi connectivity index (χ3n) is 7.41. The zero-order valence-corrected chi connectivity index (χ0v) is 24.0. The summed E-state index contributed by atoms with van der Waals surface area (Å²) in [6.07, 6.45) is 5.57. The first-order chi connectivity index (χ1) is 19.7. The molecule has 0 aliphatic carbocycles. The number of H-pyrrole nitrogens is 1. The summed E-state index contributed by atoms with van der Waals surface area (Å²) in [5.74, 6) is -2.69. The second-order valence-corrected chi connectivity index (χ2v) is 11.5. The summed E-state index contributed by atoms with van der Waals surface area (Å²) in [5.41, 5.74) is 18.6. The predicted molar refractivity (Wildman–Crippen MR) is 156 cm³/mol. The molecule has 4 atom stereocenters. The van der Waals surface area contributed by atoms with Crippen LogP contribution in [0.3, 0.4) is 0 Å². The molecule has 3 rings (SSSR count). The first kappa shape index (κ1) is 32.5. The first-order valence-electron chi connectivity index (χ1n) is 14.1. The number of hydrogen-bond acceptors (Lipinski definition) is 8. The standard InChI is InChI=1S/C28H41FN6O5S/c29-19-8-9-20-18(15-33-22(20)14-19)13-23(34-25(36)21(32)6-1-2-10-30)28(40)41-16-17(5-3-11-31)26(37)35-12-4-7-24(35)27(38)39/h8-9,14-15,17,21,23-24,33H,1-7,10-13,16,30-32H2,(H,34,36)(H,38,39)/t17?,21-,23-,24-/m0/s1. The summed E-state index contributed by atoms with van der Waals surface area (Å²) in [4.78, 5) is 55.9. The van der Waals surface area contributed by atoms with Gasteiger partial charge in [0.25, 0.3) is 0 Å². The van der Waals surface area contributed by atoms with Gasteiger partial charge in [0, 0.05) is 41.7 Å². The Bertz CT molecular complexity index is 1210. The number of aromatic amines is 1. The summed E-state index contributed by atoms with van der Waals surface area (Å²) >= 11 is 0.928. The molecule has 2 heterocycles. The van der Waals surface area contributed by atoms with Gasteiger partial charge in [-0.1, -0.05) is 18.2 Å². The van der Waals surface area contributed by atoms with Crippen molar-refractivity contribution < 1.29 is 28.7 Å². The van der Waals surface area contributed by atoms with Crippen LogP contribution in [-0.4, -0.2) is 81.4 Å². The molecule has 11 nitrogen and oxygen atoms in total. The van der Waals surface area contributed by atoms with E-state index in [9.17, 15) is 28.7 Å². The maximum Gasteiger partial charge on any atom is 0.326 e. The molecule has 1 aliphatic rings. The van der Waals surface area contributed by atoms with E-state index in [1.807, 2.05) is 0 Å². The Balaban J connectivity index is 1.76. The van der Waals surface area contributed by atoms with Crippen LogP contribution in [0, 0.1) is 11.7 Å². The predicted octanol–water partition coefficient (Wildman–Crippen LogP) is 1.48. The zero-order chi connectivity index (χ0) is 29.9. The number of carbonyl (C=O) groups is 4. The Kier molecular flexibility index (Phi) is 12.6. The number of unbranched alkanes of at least 4 members (excludes halogenated alkanes) is 1. The van der Waals surface area contributed by atoms with Crippen molar-refractivity contribution >= 4 is 45.6 Å². The Labute approximate surface area is 243 Å². The maximum absolute atomic E-state index is 13.7. The second-order valence-electron chi connectivity index (χ2n) is 10.4. The average molecular weight is 593 g/mol. The van der Waals surface area contributed by atoms with E-state index in [1.54, 1.807) is 12.3 Å². The van der Waals surface area contributed by atoms with Crippen molar-refractivity contribution in [2.24, 2.45) is 23.1 Å². The van der Waals surface area contributed by atoms with Crippen molar-refractivity contribution in [2.45, 2.75) is 69.5 Å². The fraction of sp³-hybridized carbons (Fsp3) is 0.571. The molecule has 1 unspecified atom stereocenters. The van der Waals surface area contributed by atoms with E-state index in [-0.39, 0.29) is 23.2 Å². The van der Waals surface area contributed by atoms with Gasteiger partial charge in [-0.15, -0.1) is 0 Å². The topological polar surface area (TPSA) is 198 Å². The van der Waals surface area contributed by atoms with Crippen molar-refractivity contribution in [1.82, 2.24) is 15.2 Å². The number of likely N-dealkylation sites (tertiary alicyclic amines) is 1. The van der Waals surface area contributed by atoms with Crippen molar-refractivity contribution in [3.63, 3.8) is 0 Å². The molecule has 1 aliphatic heterocycles. The minimum absolute atomic E-state index is 0.120. The molecule has 2 amide bonds. The lowest BCUT2D eigenvalue weighted by molar-refractivity contribution is -0.149. The number of rotatable bonds is 16. The fourth-order valence-electron chi connectivity index (χ4n) is 5.11. The van der Waals surface area contributed by atoms with Gasteiger partial charge < -0.3 is 37.5 Å². The highest BCUT2D eigenvalue weighted by Crippen LogP contribution is 2.26. The lowest BCUT2D eigenvalue weighted by Gasteiger charge is -2.27. The number of benzene rings is 1. The molecule has 0 saturated carbocycles. The number of thioether (sulfide) groups is 1. The number of hydrogen-bond donors (Lipinski definition) is 6. The average Bonchev–Trinajstić information content (AvgIpc) is 3.59. The summed E-state index contributed by atoms with van der Waals surface area (Å²) in [6, 6.07) is 1.65. The van der Waals surface area contributed by atoms with E-state index in [0.29, 0.717) is 69.2 Å².